The van der Waals surface area contributed by atoms with Crippen LogP contribution in [-0.2, 0) is 17.6 Å². The average molecular weight is 456 g/mol. The summed E-state index contributed by atoms with van der Waals surface area (Å²) in [5.74, 6) is 0.678. The van der Waals surface area contributed by atoms with Crippen LogP contribution in [0.5, 0.6) is 0 Å². The molecule has 2 N–H and O–H groups in total. The molecule has 1 aliphatic heterocycles. The fourth-order valence-corrected chi connectivity index (χ4v) is 4.48. The van der Waals surface area contributed by atoms with Crippen molar-refractivity contribution in [3.05, 3.63) is 75.7 Å². The zero-order chi connectivity index (χ0) is 23.7. The Morgan fingerprint density at radius 3 is 2.62 bits per heavy atom. The van der Waals surface area contributed by atoms with Gasteiger partial charge in [-0.05, 0) is 47.7 Å². The number of rotatable bonds is 7. The molecule has 0 fully saturated rings. The molecule has 0 aliphatic carbocycles. The number of nitrogens with zero attached hydrogens (tertiary/aromatic N) is 5. The van der Waals surface area contributed by atoms with Crippen LogP contribution < -0.4 is 10.9 Å². The lowest BCUT2D eigenvalue weighted by molar-refractivity contribution is -0.117. The van der Waals surface area contributed by atoms with Crippen LogP contribution in [0.15, 0.2) is 53.3 Å². The minimum atomic E-state index is -0.399. The maximum absolute atomic E-state index is 13.1. The summed E-state index contributed by atoms with van der Waals surface area (Å²) >= 11 is 0. The number of H-pyrrole nitrogens is 1. The van der Waals surface area contributed by atoms with Gasteiger partial charge in [0.25, 0.3) is 5.56 Å². The SMILES string of the molecule is CCCCc1c(Cc2ccc(-c3ccccc3)c(-c3nn[nH]n3)c2)c(=O)nc2n1C(C)C(=O)N2. The first-order chi connectivity index (χ1) is 16.6. The van der Waals surface area contributed by atoms with Crippen LogP contribution in [0.1, 0.15) is 49.6 Å². The Labute approximate surface area is 196 Å². The zero-order valence-corrected chi connectivity index (χ0v) is 19.1. The van der Waals surface area contributed by atoms with E-state index in [4.69, 9.17) is 0 Å². The second-order valence-corrected chi connectivity index (χ2v) is 8.46. The van der Waals surface area contributed by atoms with Crippen molar-refractivity contribution in [1.29, 1.82) is 0 Å². The number of fused-ring (bicyclic) bond motifs is 1. The summed E-state index contributed by atoms with van der Waals surface area (Å²) in [7, 11) is 0. The molecule has 172 valence electrons. The molecule has 2 aromatic carbocycles. The third-order valence-electron chi connectivity index (χ3n) is 6.24. The number of aromatic nitrogens is 6. The lowest BCUT2D eigenvalue weighted by atomic mass is 9.94. The molecule has 9 nitrogen and oxygen atoms in total. The van der Waals surface area contributed by atoms with Crippen molar-refractivity contribution in [1.82, 2.24) is 30.2 Å². The molecule has 9 heteroatoms. The molecule has 1 aliphatic rings. The van der Waals surface area contributed by atoms with Gasteiger partial charge in [0.05, 0.1) is 0 Å². The van der Waals surface area contributed by atoms with Crippen LogP contribution in [0.4, 0.5) is 5.95 Å². The number of carbonyl (C=O) groups excluding carboxylic acids is 1. The van der Waals surface area contributed by atoms with E-state index < -0.39 is 6.04 Å². The highest BCUT2D eigenvalue weighted by Gasteiger charge is 2.31. The van der Waals surface area contributed by atoms with Crippen LogP contribution in [0.25, 0.3) is 22.5 Å². The van der Waals surface area contributed by atoms with Gasteiger partial charge in [-0.3, -0.25) is 14.9 Å². The topological polar surface area (TPSA) is 118 Å². The van der Waals surface area contributed by atoms with Crippen molar-refractivity contribution >= 4 is 11.9 Å². The number of tetrazole rings is 1. The molecule has 5 rings (SSSR count). The van der Waals surface area contributed by atoms with Crippen molar-refractivity contribution < 1.29 is 4.79 Å². The molecule has 0 bridgehead atoms. The lowest BCUT2D eigenvalue weighted by Gasteiger charge is -2.18. The molecule has 4 aromatic rings. The van der Waals surface area contributed by atoms with Crippen LogP contribution in [0.2, 0.25) is 0 Å². The Morgan fingerprint density at radius 2 is 1.88 bits per heavy atom. The van der Waals surface area contributed by atoms with Crippen LogP contribution in [0.3, 0.4) is 0 Å². The van der Waals surface area contributed by atoms with Gasteiger partial charge in [-0.1, -0.05) is 55.8 Å². The smallest absolute Gasteiger partial charge is 0.278 e. The number of unbranched alkanes of at least 4 members (excludes halogenated alkanes) is 1. The Hall–Kier alpha value is -4.14. The number of nitrogens with one attached hydrogen (secondary N) is 2. The van der Waals surface area contributed by atoms with Gasteiger partial charge in [0, 0.05) is 23.2 Å². The van der Waals surface area contributed by atoms with Crippen molar-refractivity contribution in [3.63, 3.8) is 0 Å². The summed E-state index contributed by atoms with van der Waals surface area (Å²) in [4.78, 5) is 29.5. The maximum Gasteiger partial charge on any atom is 0.278 e. The molecule has 1 amide bonds. The second-order valence-electron chi connectivity index (χ2n) is 8.46. The first kappa shape index (κ1) is 21.7. The number of carbonyl (C=O) groups is 1. The Bertz CT molecular complexity index is 1400. The van der Waals surface area contributed by atoms with E-state index >= 15 is 0 Å². The van der Waals surface area contributed by atoms with Crippen molar-refractivity contribution in [2.75, 3.05) is 5.32 Å². The van der Waals surface area contributed by atoms with Crippen LogP contribution in [0, 0.1) is 0 Å². The van der Waals surface area contributed by atoms with E-state index in [0.29, 0.717) is 30.2 Å². The summed E-state index contributed by atoms with van der Waals surface area (Å²) in [6.07, 6.45) is 2.99. The Morgan fingerprint density at radius 1 is 1.06 bits per heavy atom. The quantitative estimate of drug-likeness (QED) is 0.440. The van der Waals surface area contributed by atoms with E-state index in [0.717, 1.165) is 40.8 Å². The van der Waals surface area contributed by atoms with E-state index in [9.17, 15) is 9.59 Å². The fourth-order valence-electron chi connectivity index (χ4n) is 4.48. The molecule has 1 atom stereocenters. The van der Waals surface area contributed by atoms with Crippen LogP contribution >= 0.6 is 0 Å². The molecular formula is C25H25N7O2. The van der Waals surface area contributed by atoms with E-state index in [1.165, 1.54) is 0 Å². The maximum atomic E-state index is 13.1. The van der Waals surface area contributed by atoms with E-state index in [-0.39, 0.29) is 11.5 Å². The highest BCUT2D eigenvalue weighted by atomic mass is 16.2. The van der Waals surface area contributed by atoms with Crippen molar-refractivity contribution in [3.8, 4) is 22.5 Å². The standard InChI is InChI=1S/C25H25N7O2/c1-3-4-10-21-20(24(34)27-25-26-23(33)15(2)32(21)25)14-16-11-12-18(17-8-6-5-7-9-17)19(13-16)22-28-30-31-29-22/h5-9,11-13,15H,3-4,10,14H2,1-2H3,(H,26,27,33,34)(H,28,29,30,31). The van der Waals surface area contributed by atoms with Gasteiger partial charge in [0.1, 0.15) is 6.04 Å². The van der Waals surface area contributed by atoms with E-state index in [2.05, 4.69) is 37.8 Å². The van der Waals surface area contributed by atoms with E-state index in [1.807, 2.05) is 60.0 Å². The second kappa shape index (κ2) is 9.01. The number of hydrogen-bond donors (Lipinski definition) is 2. The lowest BCUT2D eigenvalue weighted by Crippen LogP contribution is -2.23. The van der Waals surface area contributed by atoms with E-state index in [1.54, 1.807) is 0 Å². The van der Waals surface area contributed by atoms with Gasteiger partial charge >= 0.3 is 0 Å². The molecule has 3 heterocycles. The molecule has 0 saturated heterocycles. The number of aromatic amines is 1. The summed E-state index contributed by atoms with van der Waals surface area (Å²) < 4.78 is 1.88. The molecule has 1 unspecified atom stereocenters. The monoisotopic (exact) mass is 455 g/mol. The third kappa shape index (κ3) is 3.89. The normalized spacial score (nSPS) is 14.8. The molecule has 0 radical (unpaired) electrons. The summed E-state index contributed by atoms with van der Waals surface area (Å²) in [6, 6.07) is 15.6. The van der Waals surface area contributed by atoms with Gasteiger partial charge in [-0.15, -0.1) is 10.2 Å². The third-order valence-corrected chi connectivity index (χ3v) is 6.24. The molecule has 0 spiro atoms. The predicted molar refractivity (Wildman–Crippen MR) is 128 cm³/mol. The highest BCUT2D eigenvalue weighted by molar-refractivity contribution is 5.95. The molecule has 34 heavy (non-hydrogen) atoms. The number of amides is 1. The highest BCUT2D eigenvalue weighted by Crippen LogP contribution is 2.32. The average Bonchev–Trinajstić information content (AvgIpc) is 3.48. The summed E-state index contributed by atoms with van der Waals surface area (Å²) in [6.45, 7) is 3.94. The summed E-state index contributed by atoms with van der Waals surface area (Å²) in [5, 5.41) is 17.4. The number of benzene rings is 2. The van der Waals surface area contributed by atoms with Gasteiger partial charge in [0.2, 0.25) is 17.7 Å². The van der Waals surface area contributed by atoms with Gasteiger partial charge in [-0.2, -0.15) is 10.2 Å². The first-order valence-electron chi connectivity index (χ1n) is 11.4. The summed E-state index contributed by atoms with van der Waals surface area (Å²) in [5.41, 5.74) is 4.95. The largest absolute Gasteiger partial charge is 0.303 e. The fraction of sp³-hybridized carbons (Fsp3) is 0.280. The molecule has 0 saturated carbocycles. The van der Waals surface area contributed by atoms with Gasteiger partial charge < -0.3 is 4.57 Å². The molecule has 2 aromatic heterocycles. The zero-order valence-electron chi connectivity index (χ0n) is 19.1. The predicted octanol–water partition coefficient (Wildman–Crippen LogP) is 3.54. The van der Waals surface area contributed by atoms with Gasteiger partial charge in [0.15, 0.2) is 0 Å². The van der Waals surface area contributed by atoms with Crippen molar-refractivity contribution in [2.45, 2.75) is 45.6 Å². The number of hydrogen-bond acceptors (Lipinski definition) is 6. The minimum absolute atomic E-state index is 0.145. The van der Waals surface area contributed by atoms with Gasteiger partial charge in [-0.25, -0.2) is 0 Å². The van der Waals surface area contributed by atoms with Crippen molar-refractivity contribution in [2.24, 2.45) is 0 Å². The van der Waals surface area contributed by atoms with Crippen LogP contribution in [-0.4, -0.2) is 36.1 Å². The number of anilines is 1. The Kier molecular flexibility index (Phi) is 5.75. The Balaban J connectivity index is 1.61. The minimum Gasteiger partial charge on any atom is -0.303 e. The molecular weight excluding hydrogens is 430 g/mol. The first-order valence-corrected chi connectivity index (χ1v) is 11.4.